The van der Waals surface area contributed by atoms with E-state index in [1.54, 1.807) is 11.8 Å². The molecule has 3 heteroatoms. The molecule has 0 saturated heterocycles. The average Bonchev–Trinajstić information content (AvgIpc) is 1.99. The first-order chi connectivity index (χ1) is 5.07. The summed E-state index contributed by atoms with van der Waals surface area (Å²) in [6.45, 7) is 8.67. The second-order valence-electron chi connectivity index (χ2n) is 3.28. The van der Waals surface area contributed by atoms with Crippen molar-refractivity contribution in [3.05, 3.63) is 0 Å². The van der Waals surface area contributed by atoms with Gasteiger partial charge in [-0.2, -0.15) is 5.11 Å². The molecular formula is C8H18N2S. The number of rotatable bonds is 5. The molecule has 2 unspecified atom stereocenters. The van der Waals surface area contributed by atoms with Crippen LogP contribution in [0.3, 0.4) is 0 Å². The minimum absolute atomic E-state index is 0.135. The normalized spacial score (nSPS) is 16.5. The third-order valence-corrected chi connectivity index (χ3v) is 3.23. The monoisotopic (exact) mass is 174 g/mol. The Morgan fingerprint density at radius 1 is 1.27 bits per heavy atom. The van der Waals surface area contributed by atoms with Gasteiger partial charge >= 0.3 is 0 Å². The molecule has 0 saturated carbocycles. The predicted octanol–water partition coefficient (Wildman–Crippen LogP) is 3.39. The lowest BCUT2D eigenvalue weighted by molar-refractivity contribution is 0.464. The van der Waals surface area contributed by atoms with Gasteiger partial charge in [0.05, 0.1) is 0 Å². The van der Waals surface area contributed by atoms with Crippen LogP contribution in [0, 0.1) is 17.4 Å². The molecular weight excluding hydrogens is 156 g/mol. The first-order valence-corrected chi connectivity index (χ1v) is 5.11. The molecule has 0 fully saturated rings. The van der Waals surface area contributed by atoms with E-state index in [0.29, 0.717) is 0 Å². The highest BCUT2D eigenvalue weighted by atomic mass is 32.2. The highest BCUT2D eigenvalue weighted by Crippen LogP contribution is 2.20. The predicted molar refractivity (Wildman–Crippen MR) is 51.1 cm³/mol. The fourth-order valence-electron chi connectivity index (χ4n) is 0.521. The van der Waals surface area contributed by atoms with Crippen LogP contribution in [-0.2, 0) is 0 Å². The van der Waals surface area contributed by atoms with Gasteiger partial charge in [0, 0.05) is 0 Å². The fourth-order valence-corrected chi connectivity index (χ4v) is 1.56. The third kappa shape index (κ3) is 5.24. The van der Waals surface area contributed by atoms with E-state index in [0.717, 1.165) is 17.6 Å². The second kappa shape index (κ2) is 5.58. The Hall–Kier alpha value is -0.0500. The zero-order valence-electron chi connectivity index (χ0n) is 7.79. The number of hydrogen-bond donors (Lipinski definition) is 1. The Bertz CT molecular complexity index is 115. The summed E-state index contributed by atoms with van der Waals surface area (Å²) >= 11 is 1.76. The largest absolute Gasteiger partial charge is 0.209 e. The highest BCUT2D eigenvalue weighted by Gasteiger charge is 2.08. The Labute approximate surface area is 73.7 Å². The molecule has 11 heavy (non-hydrogen) atoms. The summed E-state index contributed by atoms with van der Waals surface area (Å²) < 4.78 is 0. The van der Waals surface area contributed by atoms with E-state index in [-0.39, 0.29) is 5.37 Å². The molecule has 0 aliphatic rings. The van der Waals surface area contributed by atoms with E-state index in [9.17, 15) is 0 Å². The number of nitrogens with one attached hydrogen (secondary N) is 1. The molecule has 0 spiro atoms. The van der Waals surface area contributed by atoms with Crippen LogP contribution in [0.2, 0.25) is 0 Å². The maximum atomic E-state index is 6.76. The van der Waals surface area contributed by atoms with Crippen molar-refractivity contribution in [1.82, 2.24) is 0 Å². The van der Waals surface area contributed by atoms with E-state index >= 15 is 0 Å². The summed E-state index contributed by atoms with van der Waals surface area (Å²) in [5.41, 5.74) is 6.76. The molecule has 0 radical (unpaired) electrons. The van der Waals surface area contributed by atoms with Crippen LogP contribution in [0.15, 0.2) is 5.11 Å². The van der Waals surface area contributed by atoms with Gasteiger partial charge in [-0.3, -0.25) is 0 Å². The van der Waals surface area contributed by atoms with Crippen LogP contribution in [0.5, 0.6) is 0 Å². The van der Waals surface area contributed by atoms with Crippen LogP contribution < -0.4 is 0 Å². The molecule has 0 bridgehead atoms. The third-order valence-electron chi connectivity index (χ3n) is 1.92. The second-order valence-corrected chi connectivity index (χ2v) is 4.63. The summed E-state index contributed by atoms with van der Waals surface area (Å²) in [4.78, 5) is 0. The van der Waals surface area contributed by atoms with Crippen molar-refractivity contribution < 1.29 is 0 Å². The molecule has 0 amide bonds. The smallest absolute Gasteiger partial charge is 0.113 e. The van der Waals surface area contributed by atoms with Crippen molar-refractivity contribution in [3.8, 4) is 0 Å². The summed E-state index contributed by atoms with van der Waals surface area (Å²) in [7, 11) is 0. The van der Waals surface area contributed by atoms with Crippen molar-refractivity contribution >= 4 is 11.8 Å². The highest BCUT2D eigenvalue weighted by molar-refractivity contribution is 7.99. The minimum Gasteiger partial charge on any atom is -0.209 e. The fraction of sp³-hybridized carbons (Fsp3) is 1.00. The van der Waals surface area contributed by atoms with E-state index in [1.165, 1.54) is 0 Å². The van der Waals surface area contributed by atoms with E-state index in [2.05, 4.69) is 25.9 Å². The van der Waals surface area contributed by atoms with Crippen LogP contribution in [0.1, 0.15) is 27.7 Å². The average molecular weight is 174 g/mol. The summed E-state index contributed by atoms with van der Waals surface area (Å²) in [5, 5.41) is 3.57. The van der Waals surface area contributed by atoms with E-state index in [4.69, 9.17) is 5.53 Å². The van der Waals surface area contributed by atoms with Gasteiger partial charge in [-0.25, -0.2) is 5.53 Å². The molecule has 0 aliphatic carbocycles. The van der Waals surface area contributed by atoms with Gasteiger partial charge in [0.15, 0.2) is 0 Å². The van der Waals surface area contributed by atoms with Crippen LogP contribution in [0.25, 0.3) is 0 Å². The molecule has 1 N–H and O–H groups in total. The molecule has 0 aromatic rings. The standard InChI is InChI=1S/C8H18N2S/c1-6(2)7(3)5-11-8(4)10-9/h6-9H,5H2,1-4H3. The van der Waals surface area contributed by atoms with Gasteiger partial charge in [0.1, 0.15) is 5.37 Å². The SMILES string of the molecule is CC(N=N)SCC(C)C(C)C. The van der Waals surface area contributed by atoms with Gasteiger partial charge in [-0.1, -0.05) is 20.8 Å². The topological polar surface area (TPSA) is 36.2 Å². The Morgan fingerprint density at radius 3 is 2.18 bits per heavy atom. The number of hydrogen-bond acceptors (Lipinski definition) is 3. The van der Waals surface area contributed by atoms with Crippen LogP contribution in [-0.4, -0.2) is 11.1 Å². The lowest BCUT2D eigenvalue weighted by Crippen LogP contribution is -2.08. The van der Waals surface area contributed by atoms with Gasteiger partial charge in [0.2, 0.25) is 0 Å². The molecule has 0 aromatic heterocycles. The lowest BCUT2D eigenvalue weighted by atomic mass is 10.0. The maximum absolute atomic E-state index is 6.76. The zero-order valence-corrected chi connectivity index (χ0v) is 8.61. The molecule has 0 aromatic carbocycles. The molecule has 0 aliphatic heterocycles. The molecule has 2 atom stereocenters. The van der Waals surface area contributed by atoms with Crippen molar-refractivity contribution in [2.24, 2.45) is 17.0 Å². The van der Waals surface area contributed by atoms with Crippen LogP contribution >= 0.6 is 11.8 Å². The summed E-state index contributed by atoms with van der Waals surface area (Å²) in [6.07, 6.45) is 0. The Kier molecular flexibility index (Phi) is 5.56. The first kappa shape index (κ1) is 11.0. The van der Waals surface area contributed by atoms with Gasteiger partial charge in [-0.15, -0.1) is 11.8 Å². The molecule has 0 rings (SSSR count). The Balaban J connectivity index is 3.45. The van der Waals surface area contributed by atoms with Crippen molar-refractivity contribution in [2.45, 2.75) is 33.1 Å². The van der Waals surface area contributed by atoms with Crippen LogP contribution in [0.4, 0.5) is 0 Å². The quantitative estimate of drug-likeness (QED) is 0.637. The molecule has 66 valence electrons. The van der Waals surface area contributed by atoms with Crippen molar-refractivity contribution in [1.29, 1.82) is 5.53 Å². The van der Waals surface area contributed by atoms with Gasteiger partial charge < -0.3 is 0 Å². The van der Waals surface area contributed by atoms with E-state index in [1.807, 2.05) is 6.92 Å². The molecule has 0 heterocycles. The number of thioether (sulfide) groups is 1. The van der Waals surface area contributed by atoms with Crippen molar-refractivity contribution in [3.63, 3.8) is 0 Å². The first-order valence-electron chi connectivity index (χ1n) is 4.06. The van der Waals surface area contributed by atoms with Gasteiger partial charge in [-0.05, 0) is 24.5 Å². The maximum Gasteiger partial charge on any atom is 0.113 e. The summed E-state index contributed by atoms with van der Waals surface area (Å²) in [5.74, 6) is 2.57. The summed E-state index contributed by atoms with van der Waals surface area (Å²) in [6, 6.07) is 0. The number of nitrogens with zero attached hydrogens (tertiary/aromatic N) is 1. The zero-order chi connectivity index (χ0) is 8.85. The Morgan fingerprint density at radius 2 is 1.82 bits per heavy atom. The van der Waals surface area contributed by atoms with E-state index < -0.39 is 0 Å². The van der Waals surface area contributed by atoms with Gasteiger partial charge in [0.25, 0.3) is 0 Å². The lowest BCUT2D eigenvalue weighted by Gasteiger charge is -2.15. The minimum atomic E-state index is 0.135. The molecule has 2 nitrogen and oxygen atoms in total. The van der Waals surface area contributed by atoms with Crippen molar-refractivity contribution in [2.75, 3.05) is 5.75 Å².